The van der Waals surface area contributed by atoms with Crippen LogP contribution in [0, 0.1) is 0 Å². The Morgan fingerprint density at radius 1 is 1.05 bits per heavy atom. The molecule has 2 aliphatic heterocycles. The molecule has 2 heterocycles. The molecule has 2 fully saturated rings. The second-order valence-electron chi connectivity index (χ2n) is 11.4. The lowest BCUT2D eigenvalue weighted by molar-refractivity contribution is -0.894. The summed E-state index contributed by atoms with van der Waals surface area (Å²) in [6, 6.07) is 12.0. The highest BCUT2D eigenvalue weighted by Crippen LogP contribution is 2.50. The lowest BCUT2D eigenvalue weighted by Crippen LogP contribution is -3.11. The highest BCUT2D eigenvalue weighted by Gasteiger charge is 2.62. The van der Waals surface area contributed by atoms with Crippen LogP contribution >= 0.6 is 11.8 Å². The smallest absolute Gasteiger partial charge is 0.328 e. The molecular weight excluding hydrogens is 554 g/mol. The lowest BCUT2D eigenvalue weighted by Gasteiger charge is -2.45. The van der Waals surface area contributed by atoms with E-state index in [0.29, 0.717) is 11.3 Å². The van der Waals surface area contributed by atoms with Crippen LogP contribution in [0.5, 0.6) is 5.75 Å². The average molecular weight is 596 g/mol. The molecule has 9 nitrogen and oxygen atoms in total. The molecule has 0 bridgehead atoms. The second kappa shape index (κ2) is 13.3. The average Bonchev–Trinajstić information content (AvgIpc) is 3.53. The maximum atomic E-state index is 13.4. The van der Waals surface area contributed by atoms with Crippen LogP contribution in [0.2, 0.25) is 0 Å². The zero-order valence-corrected chi connectivity index (χ0v) is 25.8. The Kier molecular flexibility index (Phi) is 9.99. The van der Waals surface area contributed by atoms with E-state index in [1.807, 2.05) is 12.1 Å². The number of fused-ring (bicyclic) bond motifs is 2. The Bertz CT molecular complexity index is 1310. The molecule has 4 atom stereocenters. The first-order valence-corrected chi connectivity index (χ1v) is 15.6. The molecule has 2 aromatic rings. The fourth-order valence-corrected chi connectivity index (χ4v) is 7.56. The normalized spacial score (nSPS) is 22.3. The number of quaternary nitrogens is 1. The first-order chi connectivity index (χ1) is 20.0. The monoisotopic (exact) mass is 595 g/mol. The number of esters is 1. The summed E-state index contributed by atoms with van der Waals surface area (Å²) in [7, 11) is 0. The van der Waals surface area contributed by atoms with E-state index in [1.165, 1.54) is 41.9 Å². The van der Waals surface area contributed by atoms with Gasteiger partial charge in [0.2, 0.25) is 11.8 Å². The summed E-state index contributed by atoms with van der Waals surface area (Å²) in [4.78, 5) is 53.9. The number of benzene rings is 2. The van der Waals surface area contributed by atoms with Crippen molar-refractivity contribution in [2.45, 2.75) is 82.0 Å². The number of rotatable bonds is 9. The van der Waals surface area contributed by atoms with Crippen molar-refractivity contribution >= 4 is 35.5 Å². The Balaban J connectivity index is 0.000000517. The minimum Gasteiger partial charge on any atom is -0.548 e. The number of carbonyl (C=O) groups is 4. The molecule has 2 aromatic carbocycles. The number of hydrogen-bond acceptors (Lipinski definition) is 7. The molecular formula is C32H41N3O6S. The number of thioether (sulfide) groups is 1. The quantitative estimate of drug-likeness (QED) is 0.193. The zero-order valence-electron chi connectivity index (χ0n) is 25.0. The standard InChI is InChI=1S/C26H26N2O6S.C6H15N/c1-26(2)20(24(31)32)28-22(30)19(23(28)35-26)27-21(29)18(15-7-4-3-5-8-15)25(33)34-17-12-11-14-9-6-10-16(14)13-17;1-4-7(5-2)6-3/h3-5,7-8,11-13,18-20,23H,6,9-10H2,1-2H3,(H,27,29)(H,31,32);4-6H2,1-3H3/t18?,19?,20?,23-;/m1./s1. The maximum Gasteiger partial charge on any atom is 0.328 e. The molecule has 0 saturated carbocycles. The van der Waals surface area contributed by atoms with Crippen molar-refractivity contribution < 1.29 is 33.9 Å². The number of hydrogen-bond donors (Lipinski definition) is 2. The van der Waals surface area contributed by atoms with E-state index >= 15 is 0 Å². The van der Waals surface area contributed by atoms with Crippen molar-refractivity contribution in [2.75, 3.05) is 19.6 Å². The summed E-state index contributed by atoms with van der Waals surface area (Å²) in [6.07, 6.45) is 2.98. The van der Waals surface area contributed by atoms with Crippen LogP contribution in [0.4, 0.5) is 0 Å². The number of carboxylic acid groups (broad SMARTS) is 1. The van der Waals surface area contributed by atoms with Crippen molar-refractivity contribution in [1.82, 2.24) is 10.2 Å². The molecule has 3 unspecified atom stereocenters. The highest BCUT2D eigenvalue weighted by atomic mass is 32.2. The Morgan fingerprint density at radius 3 is 2.29 bits per heavy atom. The lowest BCUT2D eigenvalue weighted by atomic mass is 9.94. The van der Waals surface area contributed by atoms with E-state index < -0.39 is 51.9 Å². The summed E-state index contributed by atoms with van der Waals surface area (Å²) >= 11 is 1.29. The molecule has 0 spiro atoms. The van der Waals surface area contributed by atoms with Crippen LogP contribution in [0.25, 0.3) is 0 Å². The van der Waals surface area contributed by atoms with Crippen molar-refractivity contribution in [3.05, 3.63) is 65.2 Å². The van der Waals surface area contributed by atoms with E-state index in [-0.39, 0.29) is 0 Å². The van der Waals surface area contributed by atoms with Crippen LogP contribution in [0.15, 0.2) is 48.5 Å². The molecule has 2 amide bonds. The van der Waals surface area contributed by atoms with Crippen LogP contribution in [-0.2, 0) is 32.0 Å². The van der Waals surface area contributed by atoms with Crippen LogP contribution in [0.3, 0.4) is 0 Å². The fourth-order valence-electron chi connectivity index (χ4n) is 5.94. The summed E-state index contributed by atoms with van der Waals surface area (Å²) in [5.41, 5.74) is 2.81. The second-order valence-corrected chi connectivity index (χ2v) is 13.2. The maximum absolute atomic E-state index is 13.4. The molecule has 1 aliphatic carbocycles. The molecule has 2 saturated heterocycles. The van der Waals surface area contributed by atoms with Gasteiger partial charge in [-0.05, 0) is 82.7 Å². The number of aliphatic carboxylic acids is 1. The van der Waals surface area contributed by atoms with Crippen LogP contribution in [0.1, 0.15) is 63.6 Å². The highest BCUT2D eigenvalue weighted by molar-refractivity contribution is 8.01. The predicted molar refractivity (Wildman–Crippen MR) is 159 cm³/mol. The predicted octanol–water partition coefficient (Wildman–Crippen LogP) is 1.09. The minimum atomic E-state index is -1.33. The number of amides is 2. The van der Waals surface area contributed by atoms with E-state index in [1.54, 1.807) is 55.1 Å². The summed E-state index contributed by atoms with van der Waals surface area (Å²) in [6.45, 7) is 13.9. The van der Waals surface area contributed by atoms with Gasteiger partial charge in [0.25, 0.3) is 0 Å². The third-order valence-electron chi connectivity index (χ3n) is 8.38. The van der Waals surface area contributed by atoms with Gasteiger partial charge < -0.3 is 29.8 Å². The number of nitrogens with zero attached hydrogens (tertiary/aromatic N) is 1. The van der Waals surface area contributed by atoms with Gasteiger partial charge in [-0.15, -0.1) is 11.8 Å². The van der Waals surface area contributed by atoms with E-state index in [9.17, 15) is 24.3 Å². The van der Waals surface area contributed by atoms with Gasteiger partial charge in [-0.2, -0.15) is 0 Å². The number of ether oxygens (including phenoxy) is 1. The van der Waals surface area contributed by atoms with Crippen molar-refractivity contribution in [2.24, 2.45) is 0 Å². The van der Waals surface area contributed by atoms with Gasteiger partial charge in [0.05, 0.1) is 31.6 Å². The summed E-state index contributed by atoms with van der Waals surface area (Å²) < 4.78 is 4.85. The zero-order chi connectivity index (χ0) is 30.6. The molecule has 10 heteroatoms. The van der Waals surface area contributed by atoms with Gasteiger partial charge in [-0.25, -0.2) is 0 Å². The van der Waals surface area contributed by atoms with E-state index in [2.05, 4.69) is 26.1 Å². The fraction of sp³-hybridized carbons (Fsp3) is 0.500. The molecule has 0 aromatic heterocycles. The molecule has 2 N–H and O–H groups in total. The molecule has 3 aliphatic rings. The molecule has 42 heavy (non-hydrogen) atoms. The SMILES string of the molecule is CC1(C)S[C@@H]2C(NC(=O)C(C(=O)Oc3ccc4c(c3)CCC4)c3ccccc3)C(=O)N2C1C(=O)[O-].CC[NH+](CC)CC. The topological polar surface area (TPSA) is 120 Å². The Morgan fingerprint density at radius 2 is 1.69 bits per heavy atom. The largest absolute Gasteiger partial charge is 0.548 e. The van der Waals surface area contributed by atoms with Gasteiger partial charge >= 0.3 is 5.97 Å². The number of carboxylic acids is 1. The van der Waals surface area contributed by atoms with Gasteiger partial charge in [0, 0.05) is 4.75 Å². The summed E-state index contributed by atoms with van der Waals surface area (Å²) in [5.74, 6) is -4.17. The number of aryl methyl sites for hydroxylation is 2. The van der Waals surface area contributed by atoms with Crippen molar-refractivity contribution in [3.63, 3.8) is 0 Å². The van der Waals surface area contributed by atoms with E-state index in [0.717, 1.165) is 24.8 Å². The number of carbonyl (C=O) groups excluding carboxylic acids is 4. The summed E-state index contributed by atoms with van der Waals surface area (Å²) in [5, 5.41) is 13.8. The Labute approximate surface area is 252 Å². The third kappa shape index (κ3) is 6.49. The van der Waals surface area contributed by atoms with Crippen molar-refractivity contribution in [3.8, 4) is 5.75 Å². The third-order valence-corrected chi connectivity index (χ3v) is 9.95. The van der Waals surface area contributed by atoms with Gasteiger partial charge in [-0.1, -0.05) is 36.4 Å². The number of β-lactam (4-membered cyclic amide) rings is 1. The van der Waals surface area contributed by atoms with Crippen molar-refractivity contribution in [1.29, 1.82) is 0 Å². The first-order valence-electron chi connectivity index (χ1n) is 14.8. The van der Waals surface area contributed by atoms with E-state index in [4.69, 9.17) is 4.74 Å². The molecule has 0 radical (unpaired) electrons. The van der Waals surface area contributed by atoms with Crippen LogP contribution in [-0.4, -0.2) is 70.5 Å². The minimum absolute atomic E-state index is 0.375. The molecule has 5 rings (SSSR count). The van der Waals surface area contributed by atoms with Gasteiger partial charge in [0.15, 0.2) is 5.92 Å². The van der Waals surface area contributed by atoms with Gasteiger partial charge in [-0.3, -0.25) is 14.4 Å². The molecule has 226 valence electrons. The van der Waals surface area contributed by atoms with Gasteiger partial charge in [0.1, 0.15) is 17.2 Å². The Hall–Kier alpha value is -3.37. The first kappa shape index (κ1) is 31.6. The van der Waals surface area contributed by atoms with Crippen LogP contribution < -0.4 is 20.1 Å². The number of nitrogens with one attached hydrogen (secondary N) is 2.